The topological polar surface area (TPSA) is 34.2 Å². The third-order valence-corrected chi connectivity index (χ3v) is 6.54. The molecule has 3 rings (SSSR count). The van der Waals surface area contributed by atoms with Crippen LogP contribution in [0.5, 0.6) is 11.5 Å². The number of benzene rings is 1. The molecule has 2 unspecified atom stereocenters. The largest absolute Gasteiger partial charge is 0.451 e. The van der Waals surface area contributed by atoms with Gasteiger partial charge in [-0.25, -0.2) is 9.80 Å². The number of unbranched alkanes of at least 4 members (excludes halogenated alkanes) is 10. The van der Waals surface area contributed by atoms with Gasteiger partial charge in [0.05, 0.1) is 0 Å². The molecule has 2 heterocycles. The summed E-state index contributed by atoms with van der Waals surface area (Å²) in [5.74, 6) is 1.65. The molecule has 0 aromatic heterocycles. The number of nitrogens with zero attached hydrogens (tertiary/aromatic N) is 2. The Morgan fingerprint density at radius 3 is 1.27 bits per heavy atom. The first-order valence-electron chi connectivity index (χ1n) is 13.8. The Labute approximate surface area is 203 Å². The lowest BCUT2D eigenvalue weighted by Gasteiger charge is -2.36. The molecule has 0 fully saturated rings. The van der Waals surface area contributed by atoms with Crippen LogP contribution >= 0.6 is 0 Å². The maximum Gasteiger partial charge on any atom is 0.266 e. The lowest BCUT2D eigenvalue weighted by molar-refractivity contribution is -0.285. The van der Waals surface area contributed by atoms with Gasteiger partial charge in [0.15, 0.2) is 0 Å². The average Bonchev–Trinajstić information content (AvgIpc) is 2.97. The minimum atomic E-state index is -0.448. The van der Waals surface area contributed by atoms with E-state index >= 15 is 0 Å². The summed E-state index contributed by atoms with van der Waals surface area (Å²) in [4.78, 5) is 4.60. The normalized spacial score (nSPS) is 18.1. The molecule has 0 N–H and O–H groups in total. The minimum Gasteiger partial charge on any atom is -0.451 e. The van der Waals surface area contributed by atoms with Crippen molar-refractivity contribution in [3.05, 3.63) is 24.3 Å². The maximum atomic E-state index is 6.54. The molecule has 190 valence electrons. The quantitative estimate of drug-likeness (QED) is 0.212. The van der Waals surface area contributed by atoms with Crippen LogP contribution in [0.2, 0.25) is 0 Å². The van der Waals surface area contributed by atoms with Gasteiger partial charge in [-0.3, -0.25) is 4.74 Å². The van der Waals surface area contributed by atoms with Crippen LogP contribution in [0.15, 0.2) is 24.3 Å². The number of hydrogen-bond donors (Lipinski definition) is 0. The molecule has 1 aromatic carbocycles. The van der Waals surface area contributed by atoms with Crippen LogP contribution in [0, 0.1) is 0 Å². The van der Waals surface area contributed by atoms with Crippen LogP contribution in [0.4, 0.5) is 0 Å². The van der Waals surface area contributed by atoms with Crippen LogP contribution in [0.25, 0.3) is 0 Å². The summed E-state index contributed by atoms with van der Waals surface area (Å²) in [6.07, 6.45) is 14.5. The molecule has 0 amide bonds. The summed E-state index contributed by atoms with van der Waals surface area (Å²) in [7, 11) is 0. The molecular formula is C28H50N2O3. The van der Waals surface area contributed by atoms with Gasteiger partial charge in [-0.05, 0) is 37.1 Å². The molecule has 2 aliphatic rings. The zero-order valence-electron chi connectivity index (χ0n) is 21.9. The number of hydrogen-bond acceptors (Lipinski definition) is 5. The molecule has 0 saturated heterocycles. The Morgan fingerprint density at radius 2 is 0.909 bits per heavy atom. The van der Waals surface area contributed by atoms with Gasteiger partial charge in [-0.1, -0.05) is 91.9 Å². The summed E-state index contributed by atoms with van der Waals surface area (Å²) >= 11 is 0. The fourth-order valence-corrected chi connectivity index (χ4v) is 4.32. The molecule has 0 spiro atoms. The van der Waals surface area contributed by atoms with Crippen molar-refractivity contribution in [1.82, 2.24) is 9.80 Å². The molecule has 0 saturated carbocycles. The SMILES string of the molecule is CCCCCCCCN(CC)C1Oc2ccc(cc2)OC(N(CC)CCCCCCCC)O1. The first-order valence-corrected chi connectivity index (χ1v) is 13.8. The second kappa shape index (κ2) is 17.2. The molecule has 33 heavy (non-hydrogen) atoms. The van der Waals surface area contributed by atoms with Crippen LogP contribution in [0.1, 0.15) is 105 Å². The number of ether oxygens (including phenoxy) is 3. The van der Waals surface area contributed by atoms with Crippen molar-refractivity contribution in [3.8, 4) is 11.5 Å². The highest BCUT2D eigenvalue weighted by Crippen LogP contribution is 2.26. The number of rotatable bonds is 18. The molecule has 2 bridgehead atoms. The summed E-state index contributed by atoms with van der Waals surface area (Å²) in [5.41, 5.74) is 0. The van der Waals surface area contributed by atoms with Gasteiger partial charge < -0.3 is 9.47 Å². The number of fused-ring (bicyclic) bond motifs is 6. The van der Waals surface area contributed by atoms with Crippen molar-refractivity contribution in [2.75, 3.05) is 26.2 Å². The molecule has 5 heteroatoms. The lowest BCUT2D eigenvalue weighted by atomic mass is 10.1. The Morgan fingerprint density at radius 1 is 0.545 bits per heavy atom. The van der Waals surface area contributed by atoms with Crippen molar-refractivity contribution >= 4 is 0 Å². The van der Waals surface area contributed by atoms with Crippen LogP contribution in [0.3, 0.4) is 0 Å². The third-order valence-electron chi connectivity index (χ3n) is 6.54. The van der Waals surface area contributed by atoms with Crippen LogP contribution in [-0.2, 0) is 4.74 Å². The van der Waals surface area contributed by atoms with E-state index in [0.717, 1.165) is 37.7 Å². The molecule has 5 nitrogen and oxygen atoms in total. The molecule has 2 aliphatic heterocycles. The van der Waals surface area contributed by atoms with Crippen LogP contribution in [-0.4, -0.2) is 48.8 Å². The maximum absolute atomic E-state index is 6.54. The van der Waals surface area contributed by atoms with E-state index in [9.17, 15) is 0 Å². The highest BCUT2D eigenvalue weighted by atomic mass is 16.8. The molecule has 0 radical (unpaired) electrons. The van der Waals surface area contributed by atoms with Gasteiger partial charge in [-0.15, -0.1) is 0 Å². The van der Waals surface area contributed by atoms with Crippen LogP contribution < -0.4 is 9.47 Å². The van der Waals surface area contributed by atoms with E-state index in [1.165, 1.54) is 77.0 Å². The summed E-state index contributed by atoms with van der Waals surface area (Å²) < 4.78 is 19.2. The lowest BCUT2D eigenvalue weighted by Crippen LogP contribution is -2.50. The highest BCUT2D eigenvalue weighted by molar-refractivity contribution is 5.31. The van der Waals surface area contributed by atoms with Crippen molar-refractivity contribution < 1.29 is 14.2 Å². The Balaban J connectivity index is 1.97. The fourth-order valence-electron chi connectivity index (χ4n) is 4.32. The van der Waals surface area contributed by atoms with Gasteiger partial charge in [0.1, 0.15) is 11.5 Å². The standard InChI is InChI=1S/C28H50N2O3/c1-5-9-11-13-15-17-23-29(7-3)27-31-25-19-21-26(22-20-25)32-28(33-27)30(8-4)24-18-16-14-12-10-6-2/h19-22,27-28H,5-18,23-24H2,1-4H3. The fraction of sp³-hybridized carbons (Fsp3) is 0.786. The van der Waals surface area contributed by atoms with Crippen molar-refractivity contribution in [2.24, 2.45) is 0 Å². The molecule has 0 aliphatic carbocycles. The van der Waals surface area contributed by atoms with E-state index < -0.39 is 12.8 Å². The molecule has 2 atom stereocenters. The van der Waals surface area contributed by atoms with Gasteiger partial charge >= 0.3 is 0 Å². The summed E-state index contributed by atoms with van der Waals surface area (Å²) in [6.45, 7) is 12.6. The van der Waals surface area contributed by atoms with Gasteiger partial charge in [0, 0.05) is 26.2 Å². The zero-order valence-corrected chi connectivity index (χ0v) is 21.9. The minimum absolute atomic E-state index is 0.448. The second-order valence-electron chi connectivity index (χ2n) is 9.25. The van der Waals surface area contributed by atoms with Gasteiger partial charge in [0.2, 0.25) is 0 Å². The van der Waals surface area contributed by atoms with Crippen molar-refractivity contribution in [2.45, 2.75) is 118 Å². The first kappa shape index (κ1) is 27.9. The predicted octanol–water partition coefficient (Wildman–Crippen LogP) is 7.41. The van der Waals surface area contributed by atoms with Gasteiger partial charge in [0.25, 0.3) is 12.8 Å². The van der Waals surface area contributed by atoms with Gasteiger partial charge in [-0.2, -0.15) is 0 Å². The summed E-state index contributed by atoms with van der Waals surface area (Å²) in [5, 5.41) is 0. The Hall–Kier alpha value is -1.30. The highest BCUT2D eigenvalue weighted by Gasteiger charge is 2.30. The van der Waals surface area contributed by atoms with Crippen molar-refractivity contribution in [3.63, 3.8) is 0 Å². The second-order valence-corrected chi connectivity index (χ2v) is 9.25. The Bertz CT molecular complexity index is 544. The van der Waals surface area contributed by atoms with E-state index in [4.69, 9.17) is 14.2 Å². The third kappa shape index (κ3) is 10.7. The molecular weight excluding hydrogens is 412 g/mol. The zero-order chi connectivity index (χ0) is 23.7. The Kier molecular flexibility index (Phi) is 14.5. The molecule has 1 aromatic rings. The monoisotopic (exact) mass is 462 g/mol. The van der Waals surface area contributed by atoms with E-state index in [-0.39, 0.29) is 0 Å². The van der Waals surface area contributed by atoms with E-state index in [1.54, 1.807) is 0 Å². The van der Waals surface area contributed by atoms with E-state index in [2.05, 4.69) is 37.5 Å². The van der Waals surface area contributed by atoms with E-state index in [1.807, 2.05) is 24.3 Å². The smallest absolute Gasteiger partial charge is 0.266 e. The first-order chi connectivity index (χ1) is 16.2. The average molecular weight is 463 g/mol. The van der Waals surface area contributed by atoms with Crippen molar-refractivity contribution in [1.29, 1.82) is 0 Å². The van der Waals surface area contributed by atoms with E-state index in [0.29, 0.717) is 0 Å². The summed E-state index contributed by atoms with van der Waals surface area (Å²) in [6, 6.07) is 7.93. The predicted molar refractivity (Wildman–Crippen MR) is 138 cm³/mol.